The van der Waals surface area contributed by atoms with Crippen molar-refractivity contribution in [3.8, 4) is 0 Å². The molecule has 0 radical (unpaired) electrons. The number of halogens is 1. The molecule has 0 saturated carbocycles. The number of hydrogen-bond donors (Lipinski definition) is 0. The molecule has 1 aromatic heterocycles. The van der Waals surface area contributed by atoms with Crippen LogP contribution in [0.2, 0.25) is 5.02 Å². The quantitative estimate of drug-likeness (QED) is 0.804. The van der Waals surface area contributed by atoms with Crippen LogP contribution in [0, 0.1) is 0 Å². The van der Waals surface area contributed by atoms with E-state index >= 15 is 0 Å². The fourth-order valence-electron chi connectivity index (χ4n) is 3.64. The van der Waals surface area contributed by atoms with E-state index in [1.807, 2.05) is 17.0 Å². The summed E-state index contributed by atoms with van der Waals surface area (Å²) in [6, 6.07) is 7.12. The molecule has 132 valence electrons. The molecule has 25 heavy (non-hydrogen) atoms. The smallest absolute Gasteiger partial charge is 0.254 e. The minimum absolute atomic E-state index is 0.0122. The van der Waals surface area contributed by atoms with Gasteiger partial charge < -0.3 is 14.5 Å². The van der Waals surface area contributed by atoms with Crippen LogP contribution in [0.1, 0.15) is 23.2 Å². The molecule has 0 aliphatic carbocycles. The maximum absolute atomic E-state index is 12.9. The van der Waals surface area contributed by atoms with E-state index in [0.29, 0.717) is 30.3 Å². The van der Waals surface area contributed by atoms with Gasteiger partial charge in [0.1, 0.15) is 11.1 Å². The van der Waals surface area contributed by atoms with Crippen molar-refractivity contribution < 1.29 is 9.53 Å². The van der Waals surface area contributed by atoms with Crippen LogP contribution < -0.4 is 4.90 Å². The van der Waals surface area contributed by atoms with Gasteiger partial charge in [0.05, 0.1) is 19.7 Å². The standard InChI is InChI=1S/C17H19ClN4O2S/c18-14-4-1-3-13(9-14)15(23)21-7-8-24-17(10-21)5-2-6-22(11-17)16-20-19-12-25-16/h1,3-4,9,12H,2,5-8,10-11H2. The van der Waals surface area contributed by atoms with Gasteiger partial charge in [-0.25, -0.2) is 0 Å². The van der Waals surface area contributed by atoms with Gasteiger partial charge in [-0.05, 0) is 31.0 Å². The normalized spacial score (nSPS) is 23.9. The minimum atomic E-state index is -0.337. The lowest BCUT2D eigenvalue weighted by Gasteiger charge is -2.47. The third-order valence-corrected chi connectivity index (χ3v) is 5.75. The van der Waals surface area contributed by atoms with Gasteiger partial charge in [0, 0.05) is 23.7 Å². The molecule has 0 N–H and O–H groups in total. The zero-order valence-electron chi connectivity index (χ0n) is 13.7. The molecule has 2 aliphatic rings. The van der Waals surface area contributed by atoms with E-state index < -0.39 is 0 Å². The van der Waals surface area contributed by atoms with Crippen molar-refractivity contribution >= 4 is 34.0 Å². The molecular weight excluding hydrogens is 360 g/mol. The average molecular weight is 379 g/mol. The molecule has 1 aromatic carbocycles. The molecule has 2 aliphatic heterocycles. The highest BCUT2D eigenvalue weighted by Gasteiger charge is 2.42. The van der Waals surface area contributed by atoms with Crippen LogP contribution in [0.4, 0.5) is 5.13 Å². The molecule has 0 bridgehead atoms. The Morgan fingerprint density at radius 3 is 3.04 bits per heavy atom. The number of anilines is 1. The Balaban J connectivity index is 1.51. The first-order valence-corrected chi connectivity index (χ1v) is 9.61. The first-order valence-electron chi connectivity index (χ1n) is 8.35. The zero-order chi connectivity index (χ0) is 17.3. The summed E-state index contributed by atoms with van der Waals surface area (Å²) < 4.78 is 6.17. The molecule has 2 fully saturated rings. The number of aromatic nitrogens is 2. The number of morpholine rings is 1. The van der Waals surface area contributed by atoms with Gasteiger partial charge in [-0.2, -0.15) is 0 Å². The molecule has 2 aromatic rings. The Morgan fingerprint density at radius 1 is 1.32 bits per heavy atom. The second kappa shape index (κ2) is 6.90. The molecule has 1 amide bonds. The van der Waals surface area contributed by atoms with Crippen molar-refractivity contribution in [2.75, 3.05) is 37.7 Å². The summed E-state index contributed by atoms with van der Waals surface area (Å²) in [5.74, 6) is 0.0122. The summed E-state index contributed by atoms with van der Waals surface area (Å²) in [5, 5.41) is 9.60. The Bertz CT molecular complexity index is 753. The van der Waals surface area contributed by atoms with Crippen molar-refractivity contribution in [2.45, 2.75) is 18.4 Å². The van der Waals surface area contributed by atoms with Gasteiger partial charge in [-0.3, -0.25) is 4.79 Å². The summed E-state index contributed by atoms with van der Waals surface area (Å²) in [5.41, 5.74) is 2.03. The molecule has 1 unspecified atom stereocenters. The molecule has 3 heterocycles. The number of carbonyl (C=O) groups excluding carboxylic acids is 1. The third-order valence-electron chi connectivity index (χ3n) is 4.77. The van der Waals surface area contributed by atoms with Crippen LogP contribution in [0.5, 0.6) is 0 Å². The Kier molecular flexibility index (Phi) is 4.62. The fourth-order valence-corrected chi connectivity index (χ4v) is 4.41. The molecule has 8 heteroatoms. The van der Waals surface area contributed by atoms with Crippen molar-refractivity contribution in [3.05, 3.63) is 40.4 Å². The number of carbonyl (C=O) groups is 1. The predicted octanol–water partition coefficient (Wildman–Crippen LogP) is 2.70. The van der Waals surface area contributed by atoms with E-state index in [9.17, 15) is 4.79 Å². The largest absolute Gasteiger partial charge is 0.369 e. The van der Waals surface area contributed by atoms with Crippen LogP contribution in [-0.4, -0.2) is 59.4 Å². The number of hydrogen-bond acceptors (Lipinski definition) is 6. The molecule has 1 atom stereocenters. The third kappa shape index (κ3) is 3.49. The highest BCUT2D eigenvalue weighted by Crippen LogP contribution is 2.32. The van der Waals surface area contributed by atoms with E-state index in [1.165, 1.54) is 11.3 Å². The molecule has 1 spiro atoms. The lowest BCUT2D eigenvalue weighted by atomic mass is 9.90. The summed E-state index contributed by atoms with van der Waals surface area (Å²) in [6.07, 6.45) is 1.96. The number of rotatable bonds is 2. The van der Waals surface area contributed by atoms with Crippen LogP contribution in [0.3, 0.4) is 0 Å². The molecular formula is C17H19ClN4O2S. The van der Waals surface area contributed by atoms with Gasteiger partial charge in [-0.15, -0.1) is 10.2 Å². The maximum atomic E-state index is 12.9. The zero-order valence-corrected chi connectivity index (χ0v) is 15.3. The van der Waals surface area contributed by atoms with Crippen LogP contribution >= 0.6 is 22.9 Å². The number of amides is 1. The first kappa shape index (κ1) is 16.8. The monoisotopic (exact) mass is 378 g/mol. The minimum Gasteiger partial charge on any atom is -0.369 e. The highest BCUT2D eigenvalue weighted by atomic mass is 35.5. The lowest BCUT2D eigenvalue weighted by Crippen LogP contribution is -2.60. The number of benzene rings is 1. The number of ether oxygens (including phenoxy) is 1. The topological polar surface area (TPSA) is 58.6 Å². The van der Waals surface area contributed by atoms with Crippen LogP contribution in [0.25, 0.3) is 0 Å². The Labute approximate surface area is 155 Å². The van der Waals surface area contributed by atoms with E-state index in [4.69, 9.17) is 16.3 Å². The summed E-state index contributed by atoms with van der Waals surface area (Å²) in [7, 11) is 0. The van der Waals surface area contributed by atoms with E-state index in [2.05, 4.69) is 15.1 Å². The molecule has 6 nitrogen and oxygen atoms in total. The van der Waals surface area contributed by atoms with Gasteiger partial charge in [-0.1, -0.05) is 29.0 Å². The second-order valence-electron chi connectivity index (χ2n) is 6.51. The van der Waals surface area contributed by atoms with Gasteiger partial charge >= 0.3 is 0 Å². The maximum Gasteiger partial charge on any atom is 0.254 e. The summed E-state index contributed by atoms with van der Waals surface area (Å²) in [4.78, 5) is 17.0. The summed E-state index contributed by atoms with van der Waals surface area (Å²) in [6.45, 7) is 3.43. The molecule has 2 saturated heterocycles. The van der Waals surface area contributed by atoms with Crippen LogP contribution in [-0.2, 0) is 4.74 Å². The predicted molar refractivity (Wildman–Crippen MR) is 97.4 cm³/mol. The number of piperidine rings is 1. The van der Waals surface area contributed by atoms with Crippen molar-refractivity contribution in [2.24, 2.45) is 0 Å². The Hall–Kier alpha value is -1.70. The van der Waals surface area contributed by atoms with E-state index in [1.54, 1.807) is 17.6 Å². The SMILES string of the molecule is O=C(c1cccc(Cl)c1)N1CCOC2(CCCN(c3nncs3)C2)C1. The Morgan fingerprint density at radius 2 is 2.24 bits per heavy atom. The van der Waals surface area contributed by atoms with Crippen molar-refractivity contribution in [1.29, 1.82) is 0 Å². The highest BCUT2D eigenvalue weighted by molar-refractivity contribution is 7.13. The van der Waals surface area contributed by atoms with Crippen LogP contribution in [0.15, 0.2) is 29.8 Å². The summed E-state index contributed by atoms with van der Waals surface area (Å²) >= 11 is 7.57. The number of nitrogens with zero attached hydrogens (tertiary/aromatic N) is 4. The fraction of sp³-hybridized carbons (Fsp3) is 0.471. The van der Waals surface area contributed by atoms with Gasteiger partial charge in [0.25, 0.3) is 5.91 Å². The van der Waals surface area contributed by atoms with Crippen molar-refractivity contribution in [3.63, 3.8) is 0 Å². The first-order chi connectivity index (χ1) is 12.2. The van der Waals surface area contributed by atoms with Crippen molar-refractivity contribution in [1.82, 2.24) is 15.1 Å². The molecule has 4 rings (SSSR count). The second-order valence-corrected chi connectivity index (χ2v) is 7.76. The average Bonchev–Trinajstić information content (AvgIpc) is 3.16. The van der Waals surface area contributed by atoms with E-state index in [-0.39, 0.29) is 11.5 Å². The van der Waals surface area contributed by atoms with Gasteiger partial charge in [0.2, 0.25) is 5.13 Å². The van der Waals surface area contributed by atoms with E-state index in [0.717, 1.165) is 31.1 Å². The lowest BCUT2D eigenvalue weighted by molar-refractivity contribution is -0.105. The van der Waals surface area contributed by atoms with Gasteiger partial charge in [0.15, 0.2) is 0 Å².